The van der Waals surface area contributed by atoms with Gasteiger partial charge in [-0.25, -0.2) is 0 Å². The monoisotopic (exact) mass is 298 g/mol. The zero-order valence-electron chi connectivity index (χ0n) is 12.8. The Kier molecular flexibility index (Phi) is 4.56. The van der Waals surface area contributed by atoms with Gasteiger partial charge in [-0.3, -0.25) is 9.59 Å². The van der Waals surface area contributed by atoms with E-state index in [9.17, 15) is 9.59 Å². The molecule has 2 aliphatic rings. The van der Waals surface area contributed by atoms with Crippen LogP contribution in [0.2, 0.25) is 0 Å². The molecule has 1 aliphatic carbocycles. The topological polar surface area (TPSA) is 49.4 Å². The Balaban J connectivity index is 1.53. The number of carbonyl (C=O) groups is 2. The van der Waals surface area contributed by atoms with Crippen LogP contribution in [0.15, 0.2) is 36.4 Å². The third-order valence-corrected chi connectivity index (χ3v) is 4.43. The molecule has 0 bridgehead atoms. The smallest absolute Gasteiger partial charge is 0.227 e. The van der Waals surface area contributed by atoms with Gasteiger partial charge in [-0.05, 0) is 43.4 Å². The summed E-state index contributed by atoms with van der Waals surface area (Å²) < 4.78 is 0. The first-order valence-corrected chi connectivity index (χ1v) is 8.06. The number of nitrogens with zero attached hydrogens (tertiary/aromatic N) is 1. The van der Waals surface area contributed by atoms with Crippen molar-refractivity contribution in [3.63, 3.8) is 0 Å². The molecule has 1 aromatic rings. The zero-order chi connectivity index (χ0) is 15.4. The quantitative estimate of drug-likeness (QED) is 0.869. The summed E-state index contributed by atoms with van der Waals surface area (Å²) in [5.74, 6) is 0.459. The molecule has 1 aromatic carbocycles. The molecule has 1 heterocycles. The fourth-order valence-corrected chi connectivity index (χ4v) is 3.08. The van der Waals surface area contributed by atoms with Gasteiger partial charge in [0, 0.05) is 31.1 Å². The Hall–Kier alpha value is -2.10. The summed E-state index contributed by atoms with van der Waals surface area (Å²) in [5, 5.41) is 3.01. The second kappa shape index (κ2) is 6.77. The van der Waals surface area contributed by atoms with E-state index in [1.54, 1.807) is 0 Å². The number of hydrogen-bond donors (Lipinski definition) is 1. The van der Waals surface area contributed by atoms with Crippen molar-refractivity contribution in [2.75, 3.05) is 11.4 Å². The predicted molar refractivity (Wildman–Crippen MR) is 86.4 cm³/mol. The first-order valence-electron chi connectivity index (χ1n) is 8.06. The van der Waals surface area contributed by atoms with Crippen molar-refractivity contribution in [1.29, 1.82) is 0 Å². The number of nitrogens with one attached hydrogen (secondary N) is 1. The maximum absolute atomic E-state index is 12.1. The van der Waals surface area contributed by atoms with Gasteiger partial charge in [-0.2, -0.15) is 0 Å². The van der Waals surface area contributed by atoms with Crippen molar-refractivity contribution in [2.45, 2.75) is 38.6 Å². The standard InChI is InChI=1S/C18H22N2O2/c21-17-7-4-12-20(17)16-10-8-14(9-11-16)13-19-18(22)15-5-2-1-3-6-15/h1-2,8-11,15H,3-7,12-13H2,(H,19,22)/t15-/m0/s1. The molecule has 0 spiro atoms. The lowest BCUT2D eigenvalue weighted by Crippen LogP contribution is -2.30. The lowest BCUT2D eigenvalue weighted by Gasteiger charge is -2.18. The lowest BCUT2D eigenvalue weighted by atomic mass is 9.93. The van der Waals surface area contributed by atoms with Crippen LogP contribution in [0.1, 0.15) is 37.7 Å². The summed E-state index contributed by atoms with van der Waals surface area (Å²) in [5.41, 5.74) is 2.02. The highest BCUT2D eigenvalue weighted by molar-refractivity contribution is 5.95. The predicted octanol–water partition coefficient (Wildman–Crippen LogP) is 2.79. The number of carbonyl (C=O) groups excluding carboxylic acids is 2. The van der Waals surface area contributed by atoms with Gasteiger partial charge in [0.15, 0.2) is 0 Å². The minimum absolute atomic E-state index is 0.117. The minimum atomic E-state index is 0.117. The van der Waals surface area contributed by atoms with Crippen molar-refractivity contribution in [2.24, 2.45) is 5.92 Å². The van der Waals surface area contributed by atoms with E-state index in [4.69, 9.17) is 0 Å². The van der Waals surface area contributed by atoms with Crippen LogP contribution in [-0.4, -0.2) is 18.4 Å². The highest BCUT2D eigenvalue weighted by Crippen LogP contribution is 2.22. The van der Waals surface area contributed by atoms with Crippen LogP contribution in [0.25, 0.3) is 0 Å². The van der Waals surface area contributed by atoms with E-state index in [-0.39, 0.29) is 17.7 Å². The zero-order valence-corrected chi connectivity index (χ0v) is 12.8. The molecule has 22 heavy (non-hydrogen) atoms. The van der Waals surface area contributed by atoms with Crippen molar-refractivity contribution in [3.05, 3.63) is 42.0 Å². The van der Waals surface area contributed by atoms with Gasteiger partial charge in [0.1, 0.15) is 0 Å². The molecule has 0 unspecified atom stereocenters. The molecule has 1 N–H and O–H groups in total. The second-order valence-electron chi connectivity index (χ2n) is 6.01. The summed E-state index contributed by atoms with van der Waals surface area (Å²) in [4.78, 5) is 25.6. The van der Waals surface area contributed by atoms with Crippen molar-refractivity contribution in [3.8, 4) is 0 Å². The summed E-state index contributed by atoms with van der Waals surface area (Å²) in [6.45, 7) is 1.36. The fraction of sp³-hybridized carbons (Fsp3) is 0.444. The Bertz CT molecular complexity index is 577. The van der Waals surface area contributed by atoms with Gasteiger partial charge < -0.3 is 10.2 Å². The summed E-state index contributed by atoms with van der Waals surface area (Å²) in [7, 11) is 0. The largest absolute Gasteiger partial charge is 0.352 e. The van der Waals surface area contributed by atoms with Crippen molar-refractivity contribution >= 4 is 17.5 Å². The van der Waals surface area contributed by atoms with Gasteiger partial charge in [0.25, 0.3) is 0 Å². The Morgan fingerprint density at radius 3 is 2.68 bits per heavy atom. The van der Waals surface area contributed by atoms with E-state index >= 15 is 0 Å². The van der Waals surface area contributed by atoms with Crippen LogP contribution in [0.5, 0.6) is 0 Å². The van der Waals surface area contributed by atoms with Crippen LogP contribution >= 0.6 is 0 Å². The molecule has 0 radical (unpaired) electrons. The maximum Gasteiger partial charge on any atom is 0.227 e. The van der Waals surface area contributed by atoms with E-state index < -0.39 is 0 Å². The number of amides is 2. The Labute approximate surface area is 131 Å². The molecule has 0 aromatic heterocycles. The van der Waals surface area contributed by atoms with E-state index in [2.05, 4.69) is 17.5 Å². The molecule has 1 atom stereocenters. The number of hydrogen-bond acceptors (Lipinski definition) is 2. The van der Waals surface area contributed by atoms with Gasteiger partial charge in [-0.1, -0.05) is 24.3 Å². The average Bonchev–Trinajstić information content (AvgIpc) is 3.00. The van der Waals surface area contributed by atoms with Crippen LogP contribution in [0, 0.1) is 5.92 Å². The van der Waals surface area contributed by atoms with Gasteiger partial charge in [0.05, 0.1) is 0 Å². The summed E-state index contributed by atoms with van der Waals surface area (Å²) >= 11 is 0. The fourth-order valence-electron chi connectivity index (χ4n) is 3.08. The highest BCUT2D eigenvalue weighted by atomic mass is 16.2. The third kappa shape index (κ3) is 3.38. The minimum Gasteiger partial charge on any atom is -0.352 e. The molecule has 116 valence electrons. The van der Waals surface area contributed by atoms with E-state index in [1.807, 2.05) is 29.2 Å². The van der Waals surface area contributed by atoms with Gasteiger partial charge in [-0.15, -0.1) is 0 Å². The van der Waals surface area contributed by atoms with E-state index in [0.29, 0.717) is 13.0 Å². The molecular formula is C18H22N2O2. The maximum atomic E-state index is 12.1. The molecular weight excluding hydrogens is 276 g/mol. The molecule has 1 fully saturated rings. The molecule has 4 nitrogen and oxygen atoms in total. The molecule has 0 saturated carbocycles. The Morgan fingerprint density at radius 1 is 1.23 bits per heavy atom. The Morgan fingerprint density at radius 2 is 2.05 bits per heavy atom. The van der Waals surface area contributed by atoms with E-state index in [1.165, 1.54) is 0 Å². The van der Waals surface area contributed by atoms with E-state index in [0.717, 1.165) is 43.5 Å². The molecule has 2 amide bonds. The van der Waals surface area contributed by atoms with Crippen LogP contribution < -0.4 is 10.2 Å². The van der Waals surface area contributed by atoms with Crippen molar-refractivity contribution in [1.82, 2.24) is 5.32 Å². The highest BCUT2D eigenvalue weighted by Gasteiger charge is 2.21. The van der Waals surface area contributed by atoms with Gasteiger partial charge in [0.2, 0.25) is 11.8 Å². The lowest BCUT2D eigenvalue weighted by molar-refractivity contribution is -0.125. The van der Waals surface area contributed by atoms with Gasteiger partial charge >= 0.3 is 0 Å². The molecule has 1 aliphatic heterocycles. The number of allylic oxidation sites excluding steroid dienone is 2. The first-order chi connectivity index (χ1) is 10.7. The summed E-state index contributed by atoms with van der Waals surface area (Å²) in [6, 6.07) is 7.91. The van der Waals surface area contributed by atoms with Crippen molar-refractivity contribution < 1.29 is 9.59 Å². The first kappa shape index (κ1) is 14.8. The third-order valence-electron chi connectivity index (χ3n) is 4.43. The average molecular weight is 298 g/mol. The molecule has 3 rings (SSSR count). The van der Waals surface area contributed by atoms with Crippen LogP contribution in [0.4, 0.5) is 5.69 Å². The second-order valence-corrected chi connectivity index (χ2v) is 6.01. The number of benzene rings is 1. The normalized spacial score (nSPS) is 21.2. The number of rotatable bonds is 4. The van der Waals surface area contributed by atoms with Crippen LogP contribution in [-0.2, 0) is 16.1 Å². The number of anilines is 1. The summed E-state index contributed by atoms with van der Waals surface area (Å²) in [6.07, 6.45) is 8.61. The van der Waals surface area contributed by atoms with Crippen LogP contribution in [0.3, 0.4) is 0 Å². The SMILES string of the molecule is O=C(NCc1ccc(N2CCCC2=O)cc1)[C@H]1CC=CCC1. The molecule has 1 saturated heterocycles. The molecule has 4 heteroatoms.